The zero-order valence-electron chi connectivity index (χ0n) is 13.5. The molecular weight excluding hydrogens is 374 g/mol. The Labute approximate surface area is 149 Å². The molecule has 0 radical (unpaired) electrons. The largest absolute Gasteiger partial charge is 0.493 e. The van der Waals surface area contributed by atoms with Gasteiger partial charge in [-0.25, -0.2) is 0 Å². The van der Waals surface area contributed by atoms with Crippen molar-refractivity contribution in [1.29, 1.82) is 5.26 Å². The van der Waals surface area contributed by atoms with E-state index in [4.69, 9.17) is 24.2 Å². The molecule has 0 fully saturated rings. The summed E-state index contributed by atoms with van der Waals surface area (Å²) < 4.78 is 22.9. The van der Waals surface area contributed by atoms with E-state index in [0.29, 0.717) is 52.9 Å². The second-order valence-corrected chi connectivity index (χ2v) is 5.53. The molecule has 0 aliphatic rings. The van der Waals surface area contributed by atoms with Gasteiger partial charge in [-0.1, -0.05) is 12.1 Å². The Hall–Kier alpha value is -2.39. The summed E-state index contributed by atoms with van der Waals surface area (Å²) in [4.78, 5) is 0. The van der Waals surface area contributed by atoms with Crippen molar-refractivity contribution in [1.82, 2.24) is 0 Å². The standard InChI is InChI=1S/C18H18BrNO4/c1-3-22-15-6-4-5-7-16(15)23-8-9-24-18-14(19)10-13(12-20)11-17(18)21-2/h4-7,10-11H,3,8-9H2,1-2H3. The van der Waals surface area contributed by atoms with Crippen LogP contribution in [-0.2, 0) is 0 Å². The van der Waals surface area contributed by atoms with E-state index in [-0.39, 0.29) is 0 Å². The zero-order valence-corrected chi connectivity index (χ0v) is 15.1. The first-order valence-corrected chi connectivity index (χ1v) is 8.24. The van der Waals surface area contributed by atoms with E-state index in [0.717, 1.165) is 0 Å². The van der Waals surface area contributed by atoms with E-state index in [2.05, 4.69) is 22.0 Å². The van der Waals surface area contributed by atoms with Crippen molar-refractivity contribution in [2.45, 2.75) is 6.92 Å². The molecule has 2 aromatic carbocycles. The van der Waals surface area contributed by atoms with E-state index in [9.17, 15) is 0 Å². The minimum absolute atomic E-state index is 0.321. The van der Waals surface area contributed by atoms with Crippen LogP contribution in [0.5, 0.6) is 23.0 Å². The van der Waals surface area contributed by atoms with E-state index in [1.54, 1.807) is 12.1 Å². The Bertz CT molecular complexity index is 727. The van der Waals surface area contributed by atoms with Gasteiger partial charge in [-0.15, -0.1) is 0 Å². The molecule has 6 heteroatoms. The molecule has 0 aliphatic carbocycles. The second-order valence-electron chi connectivity index (χ2n) is 4.68. The average Bonchev–Trinajstić information content (AvgIpc) is 2.60. The molecule has 0 N–H and O–H groups in total. The van der Waals surface area contributed by atoms with E-state index >= 15 is 0 Å². The number of para-hydroxylation sites is 2. The number of rotatable bonds is 8. The summed E-state index contributed by atoms with van der Waals surface area (Å²) in [6.07, 6.45) is 0. The van der Waals surface area contributed by atoms with Crippen molar-refractivity contribution in [3.05, 3.63) is 46.4 Å². The topological polar surface area (TPSA) is 60.7 Å². The molecule has 2 aromatic rings. The molecule has 0 saturated carbocycles. The summed E-state index contributed by atoms with van der Waals surface area (Å²) in [7, 11) is 1.53. The van der Waals surface area contributed by atoms with E-state index < -0.39 is 0 Å². The molecule has 0 amide bonds. The van der Waals surface area contributed by atoms with Crippen molar-refractivity contribution in [3.63, 3.8) is 0 Å². The van der Waals surface area contributed by atoms with Gasteiger partial charge in [-0.3, -0.25) is 0 Å². The number of hydrogen-bond acceptors (Lipinski definition) is 5. The number of methoxy groups -OCH3 is 1. The second kappa shape index (κ2) is 9.04. The van der Waals surface area contributed by atoms with Crippen LogP contribution in [-0.4, -0.2) is 26.9 Å². The van der Waals surface area contributed by atoms with Crippen LogP contribution in [0.25, 0.3) is 0 Å². The van der Waals surface area contributed by atoms with Crippen LogP contribution in [0, 0.1) is 11.3 Å². The summed E-state index contributed by atoms with van der Waals surface area (Å²) in [5.74, 6) is 2.42. The van der Waals surface area contributed by atoms with E-state index in [1.807, 2.05) is 31.2 Å². The van der Waals surface area contributed by atoms with Gasteiger partial charge in [0.1, 0.15) is 13.2 Å². The molecule has 0 aliphatic heterocycles. The van der Waals surface area contributed by atoms with E-state index in [1.165, 1.54) is 7.11 Å². The molecule has 0 unspecified atom stereocenters. The van der Waals surface area contributed by atoms with Gasteiger partial charge in [0.15, 0.2) is 23.0 Å². The highest BCUT2D eigenvalue weighted by Crippen LogP contribution is 2.36. The monoisotopic (exact) mass is 391 g/mol. The SMILES string of the molecule is CCOc1ccccc1OCCOc1c(Br)cc(C#N)cc1OC. The van der Waals surface area contributed by atoms with Gasteiger partial charge in [0.2, 0.25) is 0 Å². The number of ether oxygens (including phenoxy) is 4. The fourth-order valence-corrected chi connectivity index (χ4v) is 2.62. The van der Waals surface area contributed by atoms with Gasteiger partial charge in [-0.05, 0) is 41.1 Å². The minimum atomic E-state index is 0.321. The van der Waals surface area contributed by atoms with Crippen molar-refractivity contribution in [3.8, 4) is 29.1 Å². The highest BCUT2D eigenvalue weighted by Gasteiger charge is 2.12. The lowest BCUT2D eigenvalue weighted by Crippen LogP contribution is -2.10. The number of nitrogens with zero attached hydrogens (tertiary/aromatic N) is 1. The smallest absolute Gasteiger partial charge is 0.175 e. The Morgan fingerprint density at radius 2 is 1.67 bits per heavy atom. The first-order valence-electron chi connectivity index (χ1n) is 7.44. The molecule has 0 atom stereocenters. The van der Waals surface area contributed by atoms with Crippen LogP contribution in [0.2, 0.25) is 0 Å². The van der Waals surface area contributed by atoms with Gasteiger partial charge < -0.3 is 18.9 Å². The van der Waals surface area contributed by atoms with Gasteiger partial charge in [0.05, 0.1) is 29.8 Å². The lowest BCUT2D eigenvalue weighted by Gasteiger charge is -2.14. The van der Waals surface area contributed by atoms with Crippen molar-refractivity contribution in [2.24, 2.45) is 0 Å². The third-order valence-corrected chi connectivity index (χ3v) is 3.68. The van der Waals surface area contributed by atoms with Gasteiger partial charge in [0.25, 0.3) is 0 Å². The maximum absolute atomic E-state index is 8.98. The predicted molar refractivity (Wildman–Crippen MR) is 94.0 cm³/mol. The minimum Gasteiger partial charge on any atom is -0.493 e. The molecule has 0 saturated heterocycles. The lowest BCUT2D eigenvalue weighted by atomic mass is 10.2. The highest BCUT2D eigenvalue weighted by atomic mass is 79.9. The third-order valence-electron chi connectivity index (χ3n) is 3.09. The maximum Gasteiger partial charge on any atom is 0.175 e. The Kier molecular flexibility index (Phi) is 6.76. The van der Waals surface area contributed by atoms with Crippen LogP contribution in [0.15, 0.2) is 40.9 Å². The van der Waals surface area contributed by atoms with Crippen LogP contribution >= 0.6 is 15.9 Å². The fourth-order valence-electron chi connectivity index (χ4n) is 2.06. The predicted octanol–water partition coefficient (Wildman–Crippen LogP) is 4.19. The summed E-state index contributed by atoms with van der Waals surface area (Å²) in [5, 5.41) is 8.98. The molecule has 0 bridgehead atoms. The highest BCUT2D eigenvalue weighted by molar-refractivity contribution is 9.10. The molecule has 5 nitrogen and oxygen atoms in total. The number of benzene rings is 2. The van der Waals surface area contributed by atoms with Gasteiger partial charge >= 0.3 is 0 Å². The lowest BCUT2D eigenvalue weighted by molar-refractivity contribution is 0.203. The number of nitriles is 1. The Balaban J connectivity index is 1.97. The summed E-state index contributed by atoms with van der Waals surface area (Å²) >= 11 is 3.39. The summed E-state index contributed by atoms with van der Waals surface area (Å²) in [6, 6.07) is 12.9. The summed E-state index contributed by atoms with van der Waals surface area (Å²) in [6.45, 7) is 3.17. The molecule has 0 aromatic heterocycles. The van der Waals surface area contributed by atoms with Crippen LogP contribution < -0.4 is 18.9 Å². The molecule has 0 spiro atoms. The van der Waals surface area contributed by atoms with Gasteiger partial charge in [-0.2, -0.15) is 5.26 Å². The normalized spacial score (nSPS) is 9.92. The Morgan fingerprint density at radius 1 is 1.00 bits per heavy atom. The molecule has 24 heavy (non-hydrogen) atoms. The van der Waals surface area contributed by atoms with Crippen LogP contribution in [0.4, 0.5) is 0 Å². The average molecular weight is 392 g/mol. The van der Waals surface area contributed by atoms with Crippen molar-refractivity contribution >= 4 is 15.9 Å². The first-order chi connectivity index (χ1) is 11.7. The van der Waals surface area contributed by atoms with Crippen LogP contribution in [0.3, 0.4) is 0 Å². The third kappa shape index (κ3) is 4.56. The molecule has 126 valence electrons. The zero-order chi connectivity index (χ0) is 17.4. The molecule has 2 rings (SSSR count). The maximum atomic E-state index is 8.98. The number of hydrogen-bond donors (Lipinski definition) is 0. The van der Waals surface area contributed by atoms with Crippen LogP contribution in [0.1, 0.15) is 12.5 Å². The number of halogens is 1. The van der Waals surface area contributed by atoms with Crippen molar-refractivity contribution < 1.29 is 18.9 Å². The molecular formula is C18H18BrNO4. The first kappa shape index (κ1) is 18.0. The fraction of sp³-hybridized carbons (Fsp3) is 0.278. The Morgan fingerprint density at radius 3 is 2.29 bits per heavy atom. The molecule has 0 heterocycles. The van der Waals surface area contributed by atoms with Gasteiger partial charge in [0, 0.05) is 6.07 Å². The summed E-state index contributed by atoms with van der Waals surface area (Å²) in [5.41, 5.74) is 0.493. The quantitative estimate of drug-likeness (QED) is 0.631. The van der Waals surface area contributed by atoms with Crippen molar-refractivity contribution in [2.75, 3.05) is 26.9 Å².